The van der Waals surface area contributed by atoms with Gasteiger partial charge in [-0.05, 0) is 12.8 Å². The van der Waals surface area contributed by atoms with Crippen LogP contribution in [0.3, 0.4) is 0 Å². The van der Waals surface area contributed by atoms with Crippen molar-refractivity contribution in [1.29, 1.82) is 0 Å². The summed E-state index contributed by atoms with van der Waals surface area (Å²) in [5.41, 5.74) is 0. The maximum atomic E-state index is 12.0. The molecule has 0 N–H and O–H groups in total. The Morgan fingerprint density at radius 3 is 2.48 bits per heavy atom. The molecule has 7 nitrogen and oxygen atoms in total. The molecule has 0 spiro atoms. The van der Waals surface area contributed by atoms with E-state index in [1.165, 1.54) is 21.1 Å². The van der Waals surface area contributed by atoms with Gasteiger partial charge >= 0.3 is 5.97 Å². The van der Waals surface area contributed by atoms with Crippen molar-refractivity contribution in [2.45, 2.75) is 44.9 Å². The fraction of sp³-hybridized carbons (Fsp3) is 0.857. The van der Waals surface area contributed by atoms with Gasteiger partial charge in [-0.15, -0.1) is 0 Å². The summed E-state index contributed by atoms with van der Waals surface area (Å²) in [7, 11) is 2.81. The Kier molecular flexibility index (Phi) is 4.03. The molecule has 0 aliphatic carbocycles. The number of carbonyl (C=O) groups excluding carboxylic acids is 2. The Morgan fingerprint density at radius 1 is 1.38 bits per heavy atom. The summed E-state index contributed by atoms with van der Waals surface area (Å²) < 4.78 is 22.3. The highest BCUT2D eigenvalue weighted by Crippen LogP contribution is 2.53. The van der Waals surface area contributed by atoms with Gasteiger partial charge in [-0.25, -0.2) is 0 Å². The average molecular weight is 301 g/mol. The smallest absolute Gasteiger partial charge is 0.317 e. The molecule has 21 heavy (non-hydrogen) atoms. The molecular weight excluding hydrogens is 280 g/mol. The van der Waals surface area contributed by atoms with E-state index >= 15 is 0 Å². The number of hydrogen-bond donors (Lipinski definition) is 0. The molecule has 0 aromatic carbocycles. The third kappa shape index (κ3) is 2.06. The van der Waals surface area contributed by atoms with Gasteiger partial charge in [0.2, 0.25) is 5.79 Å². The highest BCUT2D eigenvalue weighted by atomic mass is 16.8. The zero-order valence-corrected chi connectivity index (χ0v) is 12.9. The molecule has 0 aromatic rings. The van der Waals surface area contributed by atoms with Crippen molar-refractivity contribution >= 4 is 11.9 Å². The minimum atomic E-state index is -1.46. The molecule has 2 saturated heterocycles. The predicted molar refractivity (Wildman–Crippen MR) is 67.6 cm³/mol. The summed E-state index contributed by atoms with van der Waals surface area (Å²) in [5, 5.41) is 11.2. The first-order valence-corrected chi connectivity index (χ1v) is 6.96. The van der Waals surface area contributed by atoms with Crippen LogP contribution in [0.4, 0.5) is 0 Å². The number of carboxylic acid groups (broad SMARTS) is 1. The van der Waals surface area contributed by atoms with Gasteiger partial charge in [-0.3, -0.25) is 4.79 Å². The monoisotopic (exact) mass is 301 g/mol. The molecule has 0 unspecified atom stereocenters. The van der Waals surface area contributed by atoms with Crippen LogP contribution < -0.4 is 5.11 Å². The van der Waals surface area contributed by atoms with E-state index in [1.807, 2.05) is 6.92 Å². The second-order valence-electron chi connectivity index (χ2n) is 5.84. The first-order chi connectivity index (χ1) is 9.74. The quantitative estimate of drug-likeness (QED) is 0.656. The van der Waals surface area contributed by atoms with Crippen LogP contribution in [0, 0.1) is 17.8 Å². The van der Waals surface area contributed by atoms with Gasteiger partial charge in [0.05, 0.1) is 6.10 Å². The summed E-state index contributed by atoms with van der Waals surface area (Å²) in [4.78, 5) is 23.2. The molecule has 7 heteroatoms. The van der Waals surface area contributed by atoms with Crippen molar-refractivity contribution < 1.29 is 33.6 Å². The van der Waals surface area contributed by atoms with Crippen LogP contribution in [0.25, 0.3) is 0 Å². The van der Waals surface area contributed by atoms with Crippen molar-refractivity contribution in [2.24, 2.45) is 17.8 Å². The molecule has 0 bridgehead atoms. The lowest BCUT2D eigenvalue weighted by Gasteiger charge is -2.51. The number of hydrogen-bond acceptors (Lipinski definition) is 7. The van der Waals surface area contributed by atoms with Crippen molar-refractivity contribution in [3.8, 4) is 0 Å². The van der Waals surface area contributed by atoms with Crippen molar-refractivity contribution in [3.05, 3.63) is 0 Å². The van der Waals surface area contributed by atoms with Crippen LogP contribution in [-0.2, 0) is 28.5 Å². The second-order valence-corrected chi connectivity index (χ2v) is 5.84. The lowest BCUT2D eigenvalue weighted by molar-refractivity contribution is -0.415. The number of aliphatic carboxylic acids is 1. The normalized spacial score (nSPS) is 44.0. The fourth-order valence-electron chi connectivity index (χ4n) is 3.42. The molecule has 0 aromatic heterocycles. The zero-order valence-electron chi connectivity index (χ0n) is 12.9. The van der Waals surface area contributed by atoms with E-state index in [4.69, 9.17) is 18.9 Å². The largest absolute Gasteiger partial charge is 0.550 e. The van der Waals surface area contributed by atoms with E-state index in [9.17, 15) is 14.7 Å². The number of esters is 1. The van der Waals surface area contributed by atoms with E-state index < -0.39 is 41.5 Å². The molecule has 2 aliphatic heterocycles. The van der Waals surface area contributed by atoms with Gasteiger partial charge in [-0.1, -0.05) is 13.8 Å². The number of carboxylic acids is 1. The maximum absolute atomic E-state index is 12.0. The van der Waals surface area contributed by atoms with Gasteiger partial charge in [0.15, 0.2) is 0 Å². The lowest BCUT2D eigenvalue weighted by atomic mass is 9.79. The highest BCUT2D eigenvalue weighted by molar-refractivity contribution is 5.77. The predicted octanol–water partition coefficient (Wildman–Crippen LogP) is -0.324. The van der Waals surface area contributed by atoms with Gasteiger partial charge < -0.3 is 28.8 Å². The molecule has 0 amide bonds. The molecule has 2 heterocycles. The van der Waals surface area contributed by atoms with E-state index in [1.54, 1.807) is 6.92 Å². The molecule has 2 rings (SSSR count). The molecule has 2 fully saturated rings. The molecule has 0 saturated carbocycles. The van der Waals surface area contributed by atoms with Crippen LogP contribution in [-0.4, -0.2) is 43.8 Å². The number of carbonyl (C=O) groups is 2. The summed E-state index contributed by atoms with van der Waals surface area (Å²) in [5.74, 6) is -6.30. The molecule has 120 valence electrons. The molecule has 2 aliphatic rings. The number of fused-ring (bicyclic) bond motifs is 1. The highest BCUT2D eigenvalue weighted by Gasteiger charge is 2.72. The number of rotatable bonds is 4. The minimum Gasteiger partial charge on any atom is -0.550 e. The standard InChI is InChI=1S/C14H22O7/c1-7-6-13(18-4)14(19-5,9(3)12(17)21-13)20-10(7)8(2)11(15)16/h7-10H,6H2,1-5H3,(H,15,16)/p-1/t7-,8+,9-,10+,13-,14+/m0/s1. The zero-order chi connectivity index (χ0) is 16.0. The average Bonchev–Trinajstić information content (AvgIpc) is 2.66. The Hall–Kier alpha value is -1.18. The van der Waals surface area contributed by atoms with Crippen molar-refractivity contribution in [1.82, 2.24) is 0 Å². The Morgan fingerprint density at radius 2 is 2.00 bits per heavy atom. The van der Waals surface area contributed by atoms with Gasteiger partial charge in [0.25, 0.3) is 5.79 Å². The van der Waals surface area contributed by atoms with Gasteiger partial charge in [-0.2, -0.15) is 0 Å². The Balaban J connectivity index is 2.44. The van der Waals surface area contributed by atoms with Crippen LogP contribution in [0.2, 0.25) is 0 Å². The minimum absolute atomic E-state index is 0.209. The Bertz CT molecular complexity index is 451. The van der Waals surface area contributed by atoms with E-state index in [0.717, 1.165) is 0 Å². The molecule has 6 atom stereocenters. The molecule has 0 radical (unpaired) electrons. The van der Waals surface area contributed by atoms with E-state index in [-0.39, 0.29) is 12.3 Å². The Labute approximate surface area is 123 Å². The molecular formula is C14H21O7-. The van der Waals surface area contributed by atoms with Gasteiger partial charge in [0, 0.05) is 32.5 Å². The topological polar surface area (TPSA) is 94.1 Å². The third-order valence-corrected chi connectivity index (χ3v) is 4.68. The maximum Gasteiger partial charge on any atom is 0.317 e. The van der Waals surface area contributed by atoms with E-state index in [0.29, 0.717) is 0 Å². The first kappa shape index (κ1) is 16.2. The van der Waals surface area contributed by atoms with Crippen LogP contribution in [0.1, 0.15) is 27.2 Å². The summed E-state index contributed by atoms with van der Waals surface area (Å²) in [6.45, 7) is 4.95. The van der Waals surface area contributed by atoms with Crippen LogP contribution in [0.15, 0.2) is 0 Å². The van der Waals surface area contributed by atoms with E-state index in [2.05, 4.69) is 0 Å². The third-order valence-electron chi connectivity index (χ3n) is 4.68. The van der Waals surface area contributed by atoms with Gasteiger partial charge in [0.1, 0.15) is 5.92 Å². The summed E-state index contributed by atoms with van der Waals surface area (Å²) in [6, 6.07) is 0. The van der Waals surface area contributed by atoms with Crippen molar-refractivity contribution in [3.63, 3.8) is 0 Å². The summed E-state index contributed by atoms with van der Waals surface area (Å²) in [6.07, 6.45) is -0.370. The number of ether oxygens (including phenoxy) is 4. The lowest BCUT2D eigenvalue weighted by Crippen LogP contribution is -2.66. The van der Waals surface area contributed by atoms with Crippen molar-refractivity contribution in [2.75, 3.05) is 14.2 Å². The summed E-state index contributed by atoms with van der Waals surface area (Å²) >= 11 is 0. The van der Waals surface area contributed by atoms with Crippen LogP contribution in [0.5, 0.6) is 0 Å². The first-order valence-electron chi connectivity index (χ1n) is 6.96. The second kappa shape index (κ2) is 5.23. The van der Waals surface area contributed by atoms with Crippen LogP contribution >= 0.6 is 0 Å². The number of methoxy groups -OCH3 is 2. The fourth-order valence-corrected chi connectivity index (χ4v) is 3.42. The SMILES string of the molecule is CO[C@]12C[C@H](C)[C@H]([C@@H](C)C(=O)[O-])O[C@]1(OC)[C@@H](C)C(=O)O2.